The second kappa shape index (κ2) is 8.34. The van der Waals surface area contributed by atoms with E-state index in [0.717, 1.165) is 0 Å². The zero-order valence-corrected chi connectivity index (χ0v) is 15.3. The molecule has 25 heavy (non-hydrogen) atoms. The van der Waals surface area contributed by atoms with E-state index in [2.05, 4.69) is 5.32 Å². The first-order valence-electron chi connectivity index (χ1n) is 8.02. The number of carbonyl (C=O) groups is 1. The maximum Gasteiger partial charge on any atom is 0.225 e. The van der Waals surface area contributed by atoms with Gasteiger partial charge in [0, 0.05) is 6.92 Å². The summed E-state index contributed by atoms with van der Waals surface area (Å²) in [5.41, 5.74) is -0.763. The molecule has 2 aromatic rings. The molecule has 2 N–H and O–H groups in total. The average molecular weight is 363 g/mol. The maximum absolute atomic E-state index is 12.1. The van der Waals surface area contributed by atoms with Crippen LogP contribution >= 0.6 is 11.6 Å². The molecule has 0 bridgehead atoms. The second-order valence-corrected chi connectivity index (χ2v) is 6.44. The summed E-state index contributed by atoms with van der Waals surface area (Å²) >= 11 is 6.21. The molecule has 0 aliphatic rings. The Morgan fingerprint density at radius 2 is 1.84 bits per heavy atom. The Hall–Kier alpha value is -2.08. The van der Waals surface area contributed by atoms with Crippen LogP contribution in [0.3, 0.4) is 0 Å². The zero-order chi connectivity index (χ0) is 18.4. The molecule has 6 heteroatoms. The highest BCUT2D eigenvalue weighted by Gasteiger charge is 2.29. The van der Waals surface area contributed by atoms with Gasteiger partial charge < -0.3 is 9.84 Å². The topological polar surface area (TPSA) is 61.8 Å². The summed E-state index contributed by atoms with van der Waals surface area (Å²) in [6.45, 7) is 4.85. The number of para-hydroxylation sites is 2. The molecule has 0 aliphatic carbocycles. The van der Waals surface area contributed by atoms with Gasteiger partial charge in [0.05, 0.1) is 16.9 Å². The smallest absolute Gasteiger partial charge is 0.225 e. The number of aliphatic hydroxyl groups is 1. The number of benzene rings is 2. The van der Waals surface area contributed by atoms with Crippen molar-refractivity contribution in [2.24, 2.45) is 0 Å². The van der Waals surface area contributed by atoms with Crippen molar-refractivity contribution in [1.29, 1.82) is 0 Å². The van der Waals surface area contributed by atoms with E-state index >= 15 is 0 Å². The van der Waals surface area contributed by atoms with Gasteiger partial charge in [-0.3, -0.25) is 15.0 Å². The molecule has 0 fully saturated rings. The standard InChI is InChI=1S/C19H23ClN2O3/c1-14(22(15(2)23)18-12-8-7-11-17(18)20)21-19(3,24)13-25-16-9-5-4-6-10-16/h4-12,14,21,24H,13H2,1-3H3. The van der Waals surface area contributed by atoms with Gasteiger partial charge in [-0.25, -0.2) is 0 Å². The first-order valence-corrected chi connectivity index (χ1v) is 8.40. The largest absolute Gasteiger partial charge is 0.489 e. The van der Waals surface area contributed by atoms with E-state index in [1.807, 2.05) is 30.3 Å². The minimum Gasteiger partial charge on any atom is -0.489 e. The van der Waals surface area contributed by atoms with E-state index in [-0.39, 0.29) is 12.5 Å². The lowest BCUT2D eigenvalue weighted by Crippen LogP contribution is -2.58. The van der Waals surface area contributed by atoms with Crippen LogP contribution in [0.5, 0.6) is 5.75 Å². The molecule has 1 amide bonds. The third-order valence-electron chi connectivity index (χ3n) is 3.62. The molecular formula is C19H23ClN2O3. The summed E-state index contributed by atoms with van der Waals surface area (Å²) in [7, 11) is 0. The van der Waals surface area contributed by atoms with Gasteiger partial charge in [0.15, 0.2) is 0 Å². The van der Waals surface area contributed by atoms with Gasteiger partial charge in [0.25, 0.3) is 0 Å². The average Bonchev–Trinajstić information content (AvgIpc) is 2.55. The normalized spacial score (nSPS) is 14.4. The number of hydrogen-bond donors (Lipinski definition) is 2. The van der Waals surface area contributed by atoms with Crippen LogP contribution in [-0.2, 0) is 4.79 Å². The molecule has 2 unspecified atom stereocenters. The first kappa shape index (κ1) is 19.2. The van der Waals surface area contributed by atoms with E-state index in [1.54, 1.807) is 38.1 Å². The van der Waals surface area contributed by atoms with Crippen molar-refractivity contribution in [2.75, 3.05) is 11.5 Å². The summed E-state index contributed by atoms with van der Waals surface area (Å²) in [5.74, 6) is 0.472. The van der Waals surface area contributed by atoms with E-state index in [0.29, 0.717) is 16.5 Å². The van der Waals surface area contributed by atoms with Gasteiger partial charge in [-0.05, 0) is 38.1 Å². The molecule has 0 heterocycles. The Morgan fingerprint density at radius 3 is 2.44 bits per heavy atom. The van der Waals surface area contributed by atoms with E-state index in [9.17, 15) is 9.90 Å². The van der Waals surface area contributed by atoms with Gasteiger partial charge in [-0.15, -0.1) is 0 Å². The fourth-order valence-electron chi connectivity index (χ4n) is 2.59. The number of carbonyl (C=O) groups excluding carboxylic acids is 1. The summed E-state index contributed by atoms with van der Waals surface area (Å²) in [6, 6.07) is 16.3. The van der Waals surface area contributed by atoms with Crippen molar-refractivity contribution in [2.45, 2.75) is 32.7 Å². The number of nitrogens with zero attached hydrogens (tertiary/aromatic N) is 1. The van der Waals surface area contributed by atoms with Gasteiger partial charge in [-0.1, -0.05) is 41.9 Å². The van der Waals surface area contributed by atoms with E-state index in [4.69, 9.17) is 16.3 Å². The Kier molecular flexibility index (Phi) is 6.42. The Labute approximate surface area is 153 Å². The monoisotopic (exact) mass is 362 g/mol. The molecule has 0 spiro atoms. The van der Waals surface area contributed by atoms with Crippen LogP contribution < -0.4 is 15.0 Å². The van der Waals surface area contributed by atoms with Crippen molar-refractivity contribution in [1.82, 2.24) is 5.32 Å². The molecule has 0 saturated heterocycles. The number of hydrogen-bond acceptors (Lipinski definition) is 4. The molecule has 2 rings (SSSR count). The fourth-order valence-corrected chi connectivity index (χ4v) is 2.82. The summed E-state index contributed by atoms with van der Waals surface area (Å²) in [5, 5.41) is 14.1. The summed E-state index contributed by atoms with van der Waals surface area (Å²) < 4.78 is 5.60. The van der Waals surface area contributed by atoms with E-state index < -0.39 is 11.9 Å². The highest BCUT2D eigenvalue weighted by Crippen LogP contribution is 2.27. The van der Waals surface area contributed by atoms with Gasteiger partial charge in [0.2, 0.25) is 5.91 Å². The van der Waals surface area contributed by atoms with E-state index in [1.165, 1.54) is 11.8 Å². The number of anilines is 1. The lowest BCUT2D eigenvalue weighted by Gasteiger charge is -2.35. The predicted molar refractivity (Wildman–Crippen MR) is 99.8 cm³/mol. The fraction of sp³-hybridized carbons (Fsp3) is 0.316. The van der Waals surface area contributed by atoms with Crippen molar-refractivity contribution in [3.63, 3.8) is 0 Å². The Bertz CT molecular complexity index is 707. The van der Waals surface area contributed by atoms with Crippen molar-refractivity contribution < 1.29 is 14.6 Å². The lowest BCUT2D eigenvalue weighted by atomic mass is 10.2. The minimum absolute atomic E-state index is 0.0234. The van der Waals surface area contributed by atoms with Gasteiger partial charge >= 0.3 is 0 Å². The molecule has 0 radical (unpaired) electrons. The minimum atomic E-state index is -1.34. The molecular weight excluding hydrogens is 340 g/mol. The second-order valence-electron chi connectivity index (χ2n) is 6.04. The van der Waals surface area contributed by atoms with Crippen LogP contribution in [0, 0.1) is 0 Å². The molecule has 0 aromatic heterocycles. The van der Waals surface area contributed by atoms with Crippen molar-refractivity contribution in [3.8, 4) is 5.75 Å². The van der Waals surface area contributed by atoms with Crippen LogP contribution in [0.2, 0.25) is 5.02 Å². The van der Waals surface area contributed by atoms with Crippen LogP contribution in [0.1, 0.15) is 20.8 Å². The Balaban J connectivity index is 2.07. The number of ether oxygens (including phenoxy) is 1. The molecule has 134 valence electrons. The summed E-state index contributed by atoms with van der Waals surface area (Å²) in [6.07, 6.45) is -0.494. The van der Waals surface area contributed by atoms with Gasteiger partial charge in [0.1, 0.15) is 18.1 Å². The van der Waals surface area contributed by atoms with Crippen LogP contribution in [0.15, 0.2) is 54.6 Å². The van der Waals surface area contributed by atoms with Gasteiger partial charge in [-0.2, -0.15) is 0 Å². The molecule has 0 aliphatic heterocycles. The predicted octanol–water partition coefficient (Wildman–Crippen LogP) is 3.42. The zero-order valence-electron chi connectivity index (χ0n) is 14.6. The third kappa shape index (κ3) is 5.46. The highest BCUT2D eigenvalue weighted by molar-refractivity contribution is 6.33. The Morgan fingerprint density at radius 1 is 1.24 bits per heavy atom. The molecule has 0 saturated carbocycles. The molecule has 5 nitrogen and oxygen atoms in total. The lowest BCUT2D eigenvalue weighted by molar-refractivity contribution is -0.117. The highest BCUT2D eigenvalue weighted by atomic mass is 35.5. The molecule has 2 aromatic carbocycles. The maximum atomic E-state index is 12.1. The van der Waals surface area contributed by atoms with Crippen molar-refractivity contribution in [3.05, 3.63) is 59.6 Å². The van der Waals surface area contributed by atoms with Crippen molar-refractivity contribution >= 4 is 23.2 Å². The quantitative estimate of drug-likeness (QED) is 0.741. The number of nitrogens with one attached hydrogen (secondary N) is 1. The molecule has 2 atom stereocenters. The SMILES string of the molecule is CC(=O)N(c1ccccc1Cl)C(C)NC(C)(O)COc1ccccc1. The van der Waals surface area contributed by atoms with Crippen LogP contribution in [-0.4, -0.2) is 29.5 Å². The number of halogens is 1. The van der Waals surface area contributed by atoms with Crippen LogP contribution in [0.25, 0.3) is 0 Å². The summed E-state index contributed by atoms with van der Waals surface area (Å²) in [4.78, 5) is 13.6. The third-order valence-corrected chi connectivity index (χ3v) is 3.94. The number of amides is 1. The van der Waals surface area contributed by atoms with Crippen LogP contribution in [0.4, 0.5) is 5.69 Å². The first-order chi connectivity index (χ1) is 11.8. The number of rotatable bonds is 7.